The van der Waals surface area contributed by atoms with Crippen molar-refractivity contribution in [3.8, 4) is 5.75 Å². The van der Waals surface area contributed by atoms with Gasteiger partial charge in [-0.3, -0.25) is 9.59 Å². The van der Waals surface area contributed by atoms with Crippen molar-refractivity contribution in [1.29, 1.82) is 0 Å². The van der Waals surface area contributed by atoms with Gasteiger partial charge in [0.25, 0.3) is 5.91 Å². The molecule has 0 aromatic heterocycles. The van der Waals surface area contributed by atoms with Gasteiger partial charge in [0.15, 0.2) is 6.61 Å². The van der Waals surface area contributed by atoms with Gasteiger partial charge in [0.05, 0.1) is 10.4 Å². The second-order valence-corrected chi connectivity index (χ2v) is 6.37. The number of amides is 1. The molecule has 1 aromatic carbocycles. The number of benzene rings is 1. The summed E-state index contributed by atoms with van der Waals surface area (Å²) in [5.41, 5.74) is -0.950. The second-order valence-electron chi connectivity index (χ2n) is 5.97. The quantitative estimate of drug-likeness (QED) is 0.813. The number of likely N-dealkylation sites (tertiary alicyclic amines) is 1. The minimum Gasteiger partial charge on any atom is -0.482 e. The largest absolute Gasteiger partial charge is 0.482 e. The minimum absolute atomic E-state index is 0.163. The number of rotatable bonds is 7. The van der Waals surface area contributed by atoms with E-state index in [2.05, 4.69) is 0 Å². The van der Waals surface area contributed by atoms with Crippen LogP contribution < -0.4 is 4.74 Å². The van der Waals surface area contributed by atoms with Gasteiger partial charge in [-0.1, -0.05) is 23.7 Å². The Morgan fingerprint density at radius 2 is 2.12 bits per heavy atom. The first-order valence-corrected chi connectivity index (χ1v) is 8.24. The zero-order chi connectivity index (χ0) is 17.6. The van der Waals surface area contributed by atoms with Gasteiger partial charge >= 0.3 is 5.97 Å². The molecule has 0 bridgehead atoms. The lowest BCUT2D eigenvalue weighted by atomic mass is 9.77. The lowest BCUT2D eigenvalue weighted by molar-refractivity contribution is -0.156. The van der Waals surface area contributed by atoms with Crippen LogP contribution in [-0.4, -0.2) is 55.3 Å². The molecule has 6 nitrogen and oxygen atoms in total. The van der Waals surface area contributed by atoms with Gasteiger partial charge in [0.2, 0.25) is 0 Å². The van der Waals surface area contributed by atoms with E-state index in [1.807, 2.05) is 0 Å². The van der Waals surface area contributed by atoms with E-state index in [9.17, 15) is 14.7 Å². The zero-order valence-corrected chi connectivity index (χ0v) is 14.4. The average molecular weight is 356 g/mol. The van der Waals surface area contributed by atoms with Gasteiger partial charge in [-0.05, 0) is 31.4 Å². The third-order valence-electron chi connectivity index (χ3n) is 4.36. The van der Waals surface area contributed by atoms with Crippen LogP contribution in [0.15, 0.2) is 24.3 Å². The monoisotopic (exact) mass is 355 g/mol. The highest BCUT2D eigenvalue weighted by molar-refractivity contribution is 6.32. The van der Waals surface area contributed by atoms with E-state index in [4.69, 9.17) is 21.1 Å². The molecule has 0 radical (unpaired) electrons. The van der Waals surface area contributed by atoms with E-state index in [0.717, 1.165) is 0 Å². The number of aliphatic carboxylic acids is 1. The van der Waals surface area contributed by atoms with Crippen molar-refractivity contribution >= 4 is 23.5 Å². The van der Waals surface area contributed by atoms with Gasteiger partial charge in [-0.25, -0.2) is 0 Å². The summed E-state index contributed by atoms with van der Waals surface area (Å²) in [5.74, 6) is -0.685. The number of methoxy groups -OCH3 is 1. The summed E-state index contributed by atoms with van der Waals surface area (Å²) >= 11 is 6.00. The Morgan fingerprint density at radius 1 is 1.38 bits per heavy atom. The topological polar surface area (TPSA) is 76.1 Å². The number of carbonyl (C=O) groups is 2. The van der Waals surface area contributed by atoms with Crippen LogP contribution in [0, 0.1) is 5.41 Å². The zero-order valence-electron chi connectivity index (χ0n) is 13.7. The lowest BCUT2D eigenvalue weighted by Gasteiger charge is -2.39. The summed E-state index contributed by atoms with van der Waals surface area (Å²) < 4.78 is 10.5. The molecule has 132 valence electrons. The van der Waals surface area contributed by atoms with Crippen LogP contribution in [0.5, 0.6) is 5.75 Å². The van der Waals surface area contributed by atoms with Gasteiger partial charge < -0.3 is 19.5 Å². The van der Waals surface area contributed by atoms with Crippen LogP contribution >= 0.6 is 11.6 Å². The van der Waals surface area contributed by atoms with Crippen LogP contribution in [0.25, 0.3) is 0 Å². The molecule has 1 amide bonds. The van der Waals surface area contributed by atoms with E-state index in [1.165, 1.54) is 0 Å². The molecule has 1 atom stereocenters. The normalized spacial score (nSPS) is 20.7. The maximum Gasteiger partial charge on any atom is 0.311 e. The highest BCUT2D eigenvalue weighted by atomic mass is 35.5. The number of piperidine rings is 1. The van der Waals surface area contributed by atoms with Crippen molar-refractivity contribution in [2.75, 3.05) is 33.4 Å². The predicted octanol–water partition coefficient (Wildman–Crippen LogP) is 2.45. The van der Waals surface area contributed by atoms with Crippen molar-refractivity contribution in [3.05, 3.63) is 29.3 Å². The average Bonchev–Trinajstić information content (AvgIpc) is 2.59. The van der Waals surface area contributed by atoms with Crippen molar-refractivity contribution in [3.63, 3.8) is 0 Å². The highest BCUT2D eigenvalue weighted by Crippen LogP contribution is 2.34. The molecular weight excluding hydrogens is 334 g/mol. The maximum atomic E-state index is 12.4. The number of carboxylic acids is 1. The summed E-state index contributed by atoms with van der Waals surface area (Å²) in [6.07, 6.45) is 1.57. The van der Waals surface area contributed by atoms with Crippen LogP contribution in [0.3, 0.4) is 0 Å². The van der Waals surface area contributed by atoms with E-state index < -0.39 is 11.4 Å². The first-order chi connectivity index (χ1) is 11.5. The lowest BCUT2D eigenvalue weighted by Crippen LogP contribution is -2.51. The fourth-order valence-electron chi connectivity index (χ4n) is 2.92. The fourth-order valence-corrected chi connectivity index (χ4v) is 3.11. The van der Waals surface area contributed by atoms with Crippen molar-refractivity contribution in [2.24, 2.45) is 5.41 Å². The summed E-state index contributed by atoms with van der Waals surface area (Å²) in [6.45, 7) is 0.900. The van der Waals surface area contributed by atoms with Gasteiger partial charge in [0.1, 0.15) is 5.75 Å². The molecule has 1 aliphatic rings. The summed E-state index contributed by atoms with van der Waals surface area (Å²) in [7, 11) is 1.54. The molecule has 1 aliphatic heterocycles. The van der Waals surface area contributed by atoms with E-state index in [0.29, 0.717) is 43.2 Å². The maximum absolute atomic E-state index is 12.4. The molecule has 2 rings (SSSR count). The molecule has 7 heteroatoms. The number of ether oxygens (including phenoxy) is 2. The Bertz CT molecular complexity index is 594. The molecule has 1 aromatic rings. The Labute approximate surface area is 146 Å². The highest BCUT2D eigenvalue weighted by Gasteiger charge is 2.43. The van der Waals surface area contributed by atoms with Crippen molar-refractivity contribution in [2.45, 2.75) is 19.3 Å². The number of carbonyl (C=O) groups excluding carboxylic acids is 1. The second kappa shape index (κ2) is 8.35. The standard InChI is InChI=1S/C17H22ClNO5/c1-23-10-8-17(16(21)22)7-4-9-19(12-17)15(20)11-24-14-6-3-2-5-13(14)18/h2-3,5-6H,4,7-12H2,1H3,(H,21,22)/t17-/m1/s1. The predicted molar refractivity (Wildman–Crippen MR) is 89.3 cm³/mol. The number of hydrogen-bond acceptors (Lipinski definition) is 4. The number of hydrogen-bond donors (Lipinski definition) is 1. The molecule has 24 heavy (non-hydrogen) atoms. The van der Waals surface area contributed by atoms with Crippen molar-refractivity contribution < 1.29 is 24.2 Å². The summed E-state index contributed by atoms with van der Waals surface area (Å²) in [4.78, 5) is 25.7. The molecular formula is C17H22ClNO5. The Morgan fingerprint density at radius 3 is 2.79 bits per heavy atom. The van der Waals surface area contributed by atoms with E-state index >= 15 is 0 Å². The molecule has 0 unspecified atom stereocenters. The number of carboxylic acid groups (broad SMARTS) is 1. The minimum atomic E-state index is -0.950. The Hall–Kier alpha value is -1.79. The number of halogens is 1. The Balaban J connectivity index is 1.98. The van der Waals surface area contributed by atoms with Gasteiger partial charge in [-0.15, -0.1) is 0 Å². The van der Waals surface area contributed by atoms with E-state index in [1.54, 1.807) is 36.3 Å². The van der Waals surface area contributed by atoms with Crippen LogP contribution in [0.1, 0.15) is 19.3 Å². The van der Waals surface area contributed by atoms with Crippen LogP contribution in [0.2, 0.25) is 5.02 Å². The van der Waals surface area contributed by atoms with Crippen molar-refractivity contribution in [1.82, 2.24) is 4.90 Å². The van der Waals surface area contributed by atoms with E-state index in [-0.39, 0.29) is 19.1 Å². The molecule has 1 heterocycles. The van der Waals surface area contributed by atoms with Gasteiger partial charge in [0, 0.05) is 26.8 Å². The first-order valence-electron chi connectivity index (χ1n) is 7.86. The molecule has 0 aliphatic carbocycles. The smallest absolute Gasteiger partial charge is 0.311 e. The third kappa shape index (κ3) is 4.39. The molecule has 1 fully saturated rings. The fraction of sp³-hybridized carbons (Fsp3) is 0.529. The van der Waals surface area contributed by atoms with Gasteiger partial charge in [-0.2, -0.15) is 0 Å². The first kappa shape index (κ1) is 18.5. The molecule has 0 saturated carbocycles. The Kier molecular flexibility index (Phi) is 6.45. The SMILES string of the molecule is COCC[C@]1(C(=O)O)CCCN(C(=O)COc2ccccc2Cl)C1. The summed E-state index contributed by atoms with van der Waals surface area (Å²) in [5, 5.41) is 10.1. The van der Waals surface area contributed by atoms with Crippen LogP contribution in [-0.2, 0) is 14.3 Å². The molecule has 1 saturated heterocycles. The summed E-state index contributed by atoms with van der Waals surface area (Å²) in [6, 6.07) is 6.92. The number of nitrogens with zero attached hydrogens (tertiary/aromatic N) is 1. The van der Waals surface area contributed by atoms with Crippen LogP contribution in [0.4, 0.5) is 0 Å². The molecule has 1 N–H and O–H groups in total. The molecule has 0 spiro atoms. The number of para-hydroxylation sites is 1. The third-order valence-corrected chi connectivity index (χ3v) is 4.67.